The van der Waals surface area contributed by atoms with Crippen molar-refractivity contribution in [3.63, 3.8) is 0 Å². The largest absolute Gasteiger partial charge is 0.385 e. The quantitative estimate of drug-likeness (QED) is 0.578. The summed E-state index contributed by atoms with van der Waals surface area (Å²) in [5, 5.41) is 4.32. The Labute approximate surface area is 146 Å². The Bertz CT molecular complexity index is 631. The van der Waals surface area contributed by atoms with Gasteiger partial charge in [0.25, 0.3) is 10.0 Å². The summed E-state index contributed by atoms with van der Waals surface area (Å²) in [5.74, 6) is -0.754. The van der Waals surface area contributed by atoms with Crippen LogP contribution in [0.15, 0.2) is 21.7 Å². The summed E-state index contributed by atoms with van der Waals surface area (Å²) in [6, 6.07) is 3.12. The molecule has 0 aromatic carbocycles. The Kier molecular flexibility index (Phi) is 8.32. The zero-order chi connectivity index (χ0) is 18.2. The molecule has 24 heavy (non-hydrogen) atoms. The van der Waals surface area contributed by atoms with E-state index >= 15 is 0 Å². The molecule has 1 aromatic heterocycles. The van der Waals surface area contributed by atoms with Crippen molar-refractivity contribution < 1.29 is 22.7 Å². The SMILES string of the molecule is COCCCNC(=O)CN(C)C(=O)CN(C)S(=O)(=O)c1cccs1. The number of ether oxygens (including phenoxy) is 1. The second-order valence-electron chi connectivity index (χ2n) is 5.14. The average Bonchev–Trinajstić information content (AvgIpc) is 3.06. The molecule has 136 valence electrons. The van der Waals surface area contributed by atoms with Gasteiger partial charge in [-0.3, -0.25) is 9.59 Å². The van der Waals surface area contributed by atoms with E-state index in [2.05, 4.69) is 5.32 Å². The maximum absolute atomic E-state index is 12.3. The minimum atomic E-state index is -3.68. The number of carbonyl (C=O) groups excluding carboxylic acids is 2. The topological polar surface area (TPSA) is 96.0 Å². The second-order valence-corrected chi connectivity index (χ2v) is 8.36. The molecule has 0 fully saturated rings. The lowest BCUT2D eigenvalue weighted by Gasteiger charge is -2.21. The number of hydrogen-bond donors (Lipinski definition) is 1. The fourth-order valence-corrected chi connectivity index (χ4v) is 4.09. The molecule has 0 aliphatic carbocycles. The third-order valence-corrected chi connectivity index (χ3v) is 6.35. The number of amides is 2. The lowest BCUT2D eigenvalue weighted by Crippen LogP contribution is -2.43. The predicted octanol–water partition coefficient (Wildman–Crippen LogP) is -0.0203. The first-order valence-electron chi connectivity index (χ1n) is 7.28. The van der Waals surface area contributed by atoms with E-state index in [4.69, 9.17) is 4.74 Å². The van der Waals surface area contributed by atoms with Gasteiger partial charge in [0, 0.05) is 34.4 Å². The van der Waals surface area contributed by atoms with Gasteiger partial charge in [0.2, 0.25) is 11.8 Å². The highest BCUT2D eigenvalue weighted by atomic mass is 32.2. The van der Waals surface area contributed by atoms with Crippen molar-refractivity contribution in [3.8, 4) is 0 Å². The third kappa shape index (κ3) is 6.19. The van der Waals surface area contributed by atoms with Gasteiger partial charge in [0.15, 0.2) is 0 Å². The first kappa shape index (κ1) is 20.6. The van der Waals surface area contributed by atoms with Gasteiger partial charge in [0.05, 0.1) is 13.1 Å². The van der Waals surface area contributed by atoms with Crippen molar-refractivity contribution in [2.45, 2.75) is 10.6 Å². The molecule has 0 atom stereocenters. The van der Waals surface area contributed by atoms with Crippen LogP contribution in [0.25, 0.3) is 0 Å². The van der Waals surface area contributed by atoms with E-state index in [-0.39, 0.29) is 23.2 Å². The van der Waals surface area contributed by atoms with E-state index in [0.29, 0.717) is 19.6 Å². The van der Waals surface area contributed by atoms with Crippen LogP contribution in [0.5, 0.6) is 0 Å². The van der Waals surface area contributed by atoms with Gasteiger partial charge >= 0.3 is 0 Å². The molecule has 1 N–H and O–H groups in total. The third-order valence-electron chi connectivity index (χ3n) is 3.17. The highest BCUT2D eigenvalue weighted by molar-refractivity contribution is 7.91. The fraction of sp³-hybridized carbons (Fsp3) is 0.571. The number of carbonyl (C=O) groups is 2. The Hall–Kier alpha value is -1.49. The van der Waals surface area contributed by atoms with Gasteiger partial charge in [-0.25, -0.2) is 8.42 Å². The molecule has 0 saturated carbocycles. The highest BCUT2D eigenvalue weighted by Crippen LogP contribution is 2.19. The molecule has 1 heterocycles. The zero-order valence-electron chi connectivity index (χ0n) is 14.0. The van der Waals surface area contributed by atoms with Crippen LogP contribution in [0.4, 0.5) is 0 Å². The number of sulfonamides is 1. The number of nitrogens with one attached hydrogen (secondary N) is 1. The normalized spacial score (nSPS) is 11.5. The van der Waals surface area contributed by atoms with Crippen LogP contribution < -0.4 is 5.32 Å². The van der Waals surface area contributed by atoms with Crippen LogP contribution in [-0.4, -0.2) is 76.9 Å². The summed E-state index contributed by atoms with van der Waals surface area (Å²) >= 11 is 1.09. The molecule has 0 aliphatic heterocycles. The van der Waals surface area contributed by atoms with Gasteiger partial charge in [-0.05, 0) is 17.9 Å². The number of hydrogen-bond acceptors (Lipinski definition) is 6. The van der Waals surface area contributed by atoms with Crippen LogP contribution in [-0.2, 0) is 24.3 Å². The highest BCUT2D eigenvalue weighted by Gasteiger charge is 2.25. The summed E-state index contributed by atoms with van der Waals surface area (Å²) in [6.07, 6.45) is 0.682. The standard InChI is InChI=1S/C14H23N3O5S2/c1-16(10-12(18)15-7-5-8-22-3)13(19)11-17(2)24(20,21)14-6-4-9-23-14/h4,6,9H,5,7-8,10-11H2,1-3H3,(H,15,18). The second kappa shape index (κ2) is 9.72. The van der Waals surface area contributed by atoms with Crippen LogP contribution in [0, 0.1) is 0 Å². The number of likely N-dealkylation sites (N-methyl/N-ethyl adjacent to an activating group) is 2. The molecule has 0 saturated heterocycles. The molecule has 1 rings (SSSR count). The lowest BCUT2D eigenvalue weighted by atomic mass is 10.4. The molecule has 8 nitrogen and oxygen atoms in total. The fourth-order valence-electron chi connectivity index (χ4n) is 1.76. The Balaban J connectivity index is 2.47. The van der Waals surface area contributed by atoms with E-state index in [0.717, 1.165) is 15.6 Å². The van der Waals surface area contributed by atoms with Crippen molar-refractivity contribution in [3.05, 3.63) is 17.5 Å². The molecular formula is C14H23N3O5S2. The molecule has 0 spiro atoms. The van der Waals surface area contributed by atoms with Gasteiger partial charge in [-0.1, -0.05) is 6.07 Å². The molecule has 0 bridgehead atoms. The van der Waals surface area contributed by atoms with Crippen LogP contribution in [0.2, 0.25) is 0 Å². The first-order valence-corrected chi connectivity index (χ1v) is 9.60. The summed E-state index contributed by atoms with van der Waals surface area (Å²) in [4.78, 5) is 25.0. The van der Waals surface area contributed by atoms with Crippen LogP contribution >= 0.6 is 11.3 Å². The maximum Gasteiger partial charge on any atom is 0.252 e. The number of nitrogens with zero attached hydrogens (tertiary/aromatic N) is 2. The molecule has 0 aliphatic rings. The predicted molar refractivity (Wildman–Crippen MR) is 91.3 cm³/mol. The molecule has 1 aromatic rings. The summed E-state index contributed by atoms with van der Waals surface area (Å²) < 4.78 is 30.5. The maximum atomic E-state index is 12.3. The van der Waals surface area contributed by atoms with Gasteiger partial charge in [0.1, 0.15) is 4.21 Å². The van der Waals surface area contributed by atoms with E-state index < -0.39 is 15.9 Å². The van der Waals surface area contributed by atoms with Crippen molar-refractivity contribution in [2.24, 2.45) is 0 Å². The van der Waals surface area contributed by atoms with Gasteiger partial charge in [-0.15, -0.1) is 11.3 Å². The summed E-state index contributed by atoms with van der Waals surface area (Å²) in [7, 11) is 0.695. The van der Waals surface area contributed by atoms with Gasteiger partial charge < -0.3 is 15.0 Å². The average molecular weight is 377 g/mol. The Morgan fingerprint density at radius 2 is 2.00 bits per heavy atom. The number of rotatable bonds is 10. The van der Waals surface area contributed by atoms with Gasteiger partial charge in [-0.2, -0.15) is 4.31 Å². The Morgan fingerprint density at radius 3 is 2.58 bits per heavy atom. The molecular weight excluding hydrogens is 354 g/mol. The van der Waals surface area contributed by atoms with Crippen LogP contribution in [0.1, 0.15) is 6.42 Å². The van der Waals surface area contributed by atoms with Crippen molar-refractivity contribution in [1.82, 2.24) is 14.5 Å². The molecule has 2 amide bonds. The lowest BCUT2D eigenvalue weighted by molar-refractivity contribution is -0.134. The van der Waals surface area contributed by atoms with Crippen molar-refractivity contribution in [1.29, 1.82) is 0 Å². The monoisotopic (exact) mass is 377 g/mol. The van der Waals surface area contributed by atoms with E-state index in [9.17, 15) is 18.0 Å². The smallest absolute Gasteiger partial charge is 0.252 e. The molecule has 0 radical (unpaired) electrons. The summed E-state index contributed by atoms with van der Waals surface area (Å²) in [6.45, 7) is 0.550. The summed E-state index contributed by atoms with van der Waals surface area (Å²) in [5.41, 5.74) is 0. The Morgan fingerprint density at radius 1 is 1.29 bits per heavy atom. The van der Waals surface area contributed by atoms with E-state index in [1.807, 2.05) is 0 Å². The zero-order valence-corrected chi connectivity index (χ0v) is 15.7. The van der Waals surface area contributed by atoms with Crippen molar-refractivity contribution >= 4 is 33.2 Å². The van der Waals surface area contributed by atoms with E-state index in [1.165, 1.54) is 25.1 Å². The molecule has 0 unspecified atom stereocenters. The van der Waals surface area contributed by atoms with E-state index in [1.54, 1.807) is 18.6 Å². The first-order chi connectivity index (χ1) is 11.3. The minimum absolute atomic E-state index is 0.126. The van der Waals surface area contributed by atoms with Crippen LogP contribution in [0.3, 0.4) is 0 Å². The van der Waals surface area contributed by atoms with Crippen molar-refractivity contribution in [2.75, 3.05) is 47.4 Å². The minimum Gasteiger partial charge on any atom is -0.385 e. The molecule has 10 heteroatoms. The number of methoxy groups -OCH3 is 1. The number of thiophene rings is 1.